The first-order chi connectivity index (χ1) is 15.4. The van der Waals surface area contributed by atoms with Gasteiger partial charge in [0.1, 0.15) is 0 Å². The number of likely N-dealkylation sites (tertiary alicyclic amines) is 1. The molecule has 0 radical (unpaired) electrons. The molecule has 1 aliphatic heterocycles. The minimum atomic E-state index is 0.0149. The van der Waals surface area contributed by atoms with Crippen molar-refractivity contribution in [2.24, 2.45) is 0 Å². The summed E-state index contributed by atoms with van der Waals surface area (Å²) in [6.07, 6.45) is 4.93. The van der Waals surface area contributed by atoms with Gasteiger partial charge in [0, 0.05) is 52.9 Å². The number of carbonyl (C=O) groups is 1. The number of aryl methyl sites for hydroxylation is 1. The molecule has 2 aromatic carbocycles. The van der Waals surface area contributed by atoms with Gasteiger partial charge in [0.05, 0.1) is 0 Å². The number of hydrogen-bond acceptors (Lipinski definition) is 2. The predicted molar refractivity (Wildman–Crippen MR) is 134 cm³/mol. The van der Waals surface area contributed by atoms with E-state index in [2.05, 4.69) is 53.8 Å². The van der Waals surface area contributed by atoms with Crippen molar-refractivity contribution in [1.82, 2.24) is 14.8 Å². The molecule has 1 N–H and O–H groups in total. The molecule has 1 amide bonds. The molecular formula is C27H34ClN3O. The van der Waals surface area contributed by atoms with Gasteiger partial charge in [0.2, 0.25) is 0 Å². The lowest BCUT2D eigenvalue weighted by Gasteiger charge is -2.33. The Morgan fingerprint density at radius 3 is 2.66 bits per heavy atom. The maximum absolute atomic E-state index is 12.8. The normalized spacial score (nSPS) is 17.1. The van der Waals surface area contributed by atoms with Gasteiger partial charge in [-0.25, -0.2) is 0 Å². The van der Waals surface area contributed by atoms with Gasteiger partial charge in [-0.2, -0.15) is 0 Å². The monoisotopic (exact) mass is 451 g/mol. The van der Waals surface area contributed by atoms with E-state index in [1.807, 2.05) is 24.3 Å². The average Bonchev–Trinajstić information content (AvgIpc) is 3.03. The second kappa shape index (κ2) is 10.1. The molecule has 0 bridgehead atoms. The molecule has 1 aliphatic rings. The second-order valence-electron chi connectivity index (χ2n) is 9.15. The summed E-state index contributed by atoms with van der Waals surface area (Å²) in [5.74, 6) is 0.0149. The summed E-state index contributed by atoms with van der Waals surface area (Å²) in [5, 5.41) is 5.01. The van der Waals surface area contributed by atoms with Gasteiger partial charge >= 0.3 is 0 Å². The zero-order chi connectivity index (χ0) is 22.7. The molecule has 3 aromatic rings. The fraction of sp³-hybridized carbons (Fsp3) is 0.444. The number of benzene rings is 2. The lowest BCUT2D eigenvalue weighted by Crippen LogP contribution is -2.39. The van der Waals surface area contributed by atoms with E-state index in [1.165, 1.54) is 42.6 Å². The molecule has 0 saturated carbocycles. The van der Waals surface area contributed by atoms with E-state index >= 15 is 0 Å². The van der Waals surface area contributed by atoms with Crippen LogP contribution in [0.2, 0.25) is 5.02 Å². The summed E-state index contributed by atoms with van der Waals surface area (Å²) in [5.41, 5.74) is 5.55. The molecular weight excluding hydrogens is 418 g/mol. The first-order valence-electron chi connectivity index (χ1n) is 11.8. The van der Waals surface area contributed by atoms with Crippen LogP contribution in [0.1, 0.15) is 59.8 Å². The van der Waals surface area contributed by atoms with E-state index in [0.29, 0.717) is 6.04 Å². The van der Waals surface area contributed by atoms with Gasteiger partial charge < -0.3 is 14.8 Å². The topological polar surface area (TPSA) is 37.3 Å². The van der Waals surface area contributed by atoms with Crippen molar-refractivity contribution >= 4 is 28.4 Å². The molecule has 5 heteroatoms. The highest BCUT2D eigenvalue weighted by atomic mass is 35.5. The van der Waals surface area contributed by atoms with Crippen LogP contribution in [0.3, 0.4) is 0 Å². The molecule has 32 heavy (non-hydrogen) atoms. The van der Waals surface area contributed by atoms with Crippen LogP contribution < -0.4 is 5.32 Å². The molecule has 1 saturated heterocycles. The third kappa shape index (κ3) is 5.02. The standard InChI is InChI=1S/C27H34ClN3O/c1-19-7-4-5-15-30(19)16-6-14-29-27(32)23-10-13-26-25(17-23)20(2)21(3)31(26)18-22-8-11-24(28)12-9-22/h8-13,17,19H,4-7,14-16,18H2,1-3H3,(H,29,32)/t19-/m1/s1. The Morgan fingerprint density at radius 2 is 1.91 bits per heavy atom. The van der Waals surface area contributed by atoms with E-state index in [0.717, 1.165) is 47.5 Å². The molecule has 1 atom stereocenters. The molecule has 170 valence electrons. The molecule has 1 aromatic heterocycles. The van der Waals surface area contributed by atoms with E-state index < -0.39 is 0 Å². The molecule has 2 heterocycles. The van der Waals surface area contributed by atoms with Crippen molar-refractivity contribution in [3.05, 3.63) is 69.9 Å². The molecule has 0 spiro atoms. The van der Waals surface area contributed by atoms with Crippen molar-refractivity contribution in [1.29, 1.82) is 0 Å². The van der Waals surface area contributed by atoms with E-state index in [9.17, 15) is 4.79 Å². The number of aromatic nitrogens is 1. The van der Waals surface area contributed by atoms with Crippen LogP contribution in [-0.2, 0) is 6.54 Å². The summed E-state index contributed by atoms with van der Waals surface area (Å²) >= 11 is 6.04. The van der Waals surface area contributed by atoms with Crippen LogP contribution in [0, 0.1) is 13.8 Å². The highest BCUT2D eigenvalue weighted by molar-refractivity contribution is 6.30. The molecule has 4 rings (SSSR count). The van der Waals surface area contributed by atoms with Crippen molar-refractivity contribution in [3.8, 4) is 0 Å². The first kappa shape index (κ1) is 22.9. The molecule has 0 aliphatic carbocycles. The largest absolute Gasteiger partial charge is 0.352 e. The zero-order valence-corrected chi connectivity index (χ0v) is 20.2. The van der Waals surface area contributed by atoms with Crippen molar-refractivity contribution in [2.45, 2.75) is 59.0 Å². The first-order valence-corrected chi connectivity index (χ1v) is 12.2. The number of fused-ring (bicyclic) bond motifs is 1. The summed E-state index contributed by atoms with van der Waals surface area (Å²) in [6.45, 7) is 10.4. The minimum Gasteiger partial charge on any atom is -0.352 e. The second-order valence-corrected chi connectivity index (χ2v) is 9.58. The van der Waals surface area contributed by atoms with Crippen LogP contribution in [0.25, 0.3) is 10.9 Å². The predicted octanol–water partition coefficient (Wildman–Crippen LogP) is 5.95. The Balaban J connectivity index is 1.42. The van der Waals surface area contributed by atoms with E-state index in [1.54, 1.807) is 0 Å². The number of hydrogen-bond donors (Lipinski definition) is 1. The average molecular weight is 452 g/mol. The van der Waals surface area contributed by atoms with E-state index in [-0.39, 0.29) is 5.91 Å². The lowest BCUT2D eigenvalue weighted by molar-refractivity contribution is 0.0949. The van der Waals surface area contributed by atoms with Crippen LogP contribution in [0.15, 0.2) is 42.5 Å². The third-order valence-corrected chi connectivity index (χ3v) is 7.26. The van der Waals surface area contributed by atoms with Crippen LogP contribution >= 0.6 is 11.6 Å². The van der Waals surface area contributed by atoms with Gasteiger partial charge in [-0.1, -0.05) is 30.2 Å². The minimum absolute atomic E-state index is 0.0149. The number of rotatable bonds is 7. The Hall–Kier alpha value is -2.30. The van der Waals surface area contributed by atoms with Crippen molar-refractivity contribution < 1.29 is 4.79 Å². The number of nitrogens with one attached hydrogen (secondary N) is 1. The van der Waals surface area contributed by atoms with Crippen molar-refractivity contribution in [2.75, 3.05) is 19.6 Å². The Morgan fingerprint density at radius 1 is 1.12 bits per heavy atom. The Bertz CT molecular complexity index is 1090. The Kier molecular flexibility index (Phi) is 7.22. The molecule has 0 unspecified atom stereocenters. The van der Waals surface area contributed by atoms with Gasteiger partial charge in [0.15, 0.2) is 0 Å². The maximum atomic E-state index is 12.8. The zero-order valence-electron chi connectivity index (χ0n) is 19.5. The number of piperidine rings is 1. The third-order valence-electron chi connectivity index (χ3n) is 7.00. The summed E-state index contributed by atoms with van der Waals surface area (Å²) < 4.78 is 2.31. The molecule has 1 fully saturated rings. The maximum Gasteiger partial charge on any atom is 0.251 e. The highest BCUT2D eigenvalue weighted by Crippen LogP contribution is 2.27. The van der Waals surface area contributed by atoms with Gasteiger partial charge in [0.25, 0.3) is 5.91 Å². The van der Waals surface area contributed by atoms with Gasteiger partial charge in [-0.05, 0) is 88.0 Å². The number of nitrogens with zero attached hydrogens (tertiary/aromatic N) is 2. The summed E-state index contributed by atoms with van der Waals surface area (Å²) in [7, 11) is 0. The number of halogens is 1. The van der Waals surface area contributed by atoms with Gasteiger partial charge in [-0.15, -0.1) is 0 Å². The van der Waals surface area contributed by atoms with Crippen molar-refractivity contribution in [3.63, 3.8) is 0 Å². The smallest absolute Gasteiger partial charge is 0.251 e. The van der Waals surface area contributed by atoms with Crippen LogP contribution in [-0.4, -0.2) is 41.1 Å². The highest BCUT2D eigenvalue weighted by Gasteiger charge is 2.18. The SMILES string of the molecule is Cc1c(C)n(Cc2ccc(Cl)cc2)c2ccc(C(=O)NCCCN3CCCC[C@H]3C)cc12. The fourth-order valence-electron chi connectivity index (χ4n) is 4.84. The van der Waals surface area contributed by atoms with Crippen LogP contribution in [0.4, 0.5) is 0 Å². The van der Waals surface area contributed by atoms with Gasteiger partial charge in [-0.3, -0.25) is 4.79 Å². The number of amides is 1. The van der Waals surface area contributed by atoms with E-state index in [4.69, 9.17) is 11.6 Å². The summed E-state index contributed by atoms with van der Waals surface area (Å²) in [4.78, 5) is 15.3. The quantitative estimate of drug-likeness (QED) is 0.450. The fourth-order valence-corrected chi connectivity index (χ4v) is 4.97. The van der Waals surface area contributed by atoms with Crippen LogP contribution in [0.5, 0.6) is 0 Å². The number of carbonyl (C=O) groups excluding carboxylic acids is 1. The Labute approximate surface area is 196 Å². The summed E-state index contributed by atoms with van der Waals surface area (Å²) in [6, 6.07) is 14.7. The lowest BCUT2D eigenvalue weighted by atomic mass is 10.0. The molecule has 4 nitrogen and oxygen atoms in total.